The molecule has 0 aliphatic carbocycles. The van der Waals surface area contributed by atoms with Gasteiger partial charge < -0.3 is 20.8 Å². The normalized spacial score (nSPS) is 11.8. The average molecular weight is 328 g/mol. The number of hydrogen-bond acceptors (Lipinski definition) is 4. The molecule has 2 amide bonds. The van der Waals surface area contributed by atoms with Crippen molar-refractivity contribution in [3.63, 3.8) is 0 Å². The molecule has 0 aliphatic heterocycles. The second-order valence-electron chi connectivity index (χ2n) is 5.75. The number of phenols is 2. The van der Waals surface area contributed by atoms with Gasteiger partial charge in [0.15, 0.2) is 0 Å². The molecule has 6 nitrogen and oxygen atoms in total. The predicted octanol–water partition coefficient (Wildman–Crippen LogP) is 2.49. The van der Waals surface area contributed by atoms with Gasteiger partial charge in [0.25, 0.3) is 5.91 Å². The number of para-hydroxylation sites is 2. The molecule has 2 aromatic rings. The summed E-state index contributed by atoms with van der Waals surface area (Å²) in [6.07, 6.45) is 0. The van der Waals surface area contributed by atoms with Crippen LogP contribution in [0.1, 0.15) is 24.2 Å². The summed E-state index contributed by atoms with van der Waals surface area (Å²) in [6.45, 7) is 3.61. The first kappa shape index (κ1) is 17.3. The zero-order valence-corrected chi connectivity index (χ0v) is 13.5. The fourth-order valence-electron chi connectivity index (χ4n) is 2.20. The molecule has 0 aromatic heterocycles. The molecule has 0 heterocycles. The lowest BCUT2D eigenvalue weighted by atomic mass is 10.0. The van der Waals surface area contributed by atoms with Crippen molar-refractivity contribution in [2.45, 2.75) is 19.9 Å². The molecule has 2 rings (SSSR count). The molecule has 126 valence electrons. The maximum Gasteiger partial charge on any atom is 0.252 e. The van der Waals surface area contributed by atoms with Crippen molar-refractivity contribution in [2.75, 3.05) is 5.32 Å². The van der Waals surface area contributed by atoms with Gasteiger partial charge in [-0.1, -0.05) is 32.0 Å². The molecular weight excluding hydrogens is 308 g/mol. The number of anilines is 1. The van der Waals surface area contributed by atoms with Crippen LogP contribution in [0.25, 0.3) is 0 Å². The topological polar surface area (TPSA) is 98.7 Å². The smallest absolute Gasteiger partial charge is 0.252 e. The number of rotatable bonds is 5. The Hall–Kier alpha value is -3.02. The van der Waals surface area contributed by atoms with Crippen molar-refractivity contribution in [3.8, 4) is 11.5 Å². The third kappa shape index (κ3) is 4.25. The highest BCUT2D eigenvalue weighted by Crippen LogP contribution is 2.22. The van der Waals surface area contributed by atoms with Crippen LogP contribution in [-0.4, -0.2) is 28.1 Å². The van der Waals surface area contributed by atoms with Gasteiger partial charge in [0, 0.05) is 5.56 Å². The van der Waals surface area contributed by atoms with Crippen LogP contribution in [-0.2, 0) is 4.79 Å². The molecule has 6 heteroatoms. The number of hydrogen-bond donors (Lipinski definition) is 4. The quantitative estimate of drug-likeness (QED) is 0.634. The van der Waals surface area contributed by atoms with Gasteiger partial charge in [-0.15, -0.1) is 0 Å². The molecule has 0 fully saturated rings. The van der Waals surface area contributed by atoms with Crippen molar-refractivity contribution in [3.05, 3.63) is 54.1 Å². The fraction of sp³-hybridized carbons (Fsp3) is 0.222. The van der Waals surface area contributed by atoms with E-state index in [0.717, 1.165) is 0 Å². The third-order valence-electron chi connectivity index (χ3n) is 3.51. The summed E-state index contributed by atoms with van der Waals surface area (Å²) in [7, 11) is 0. The van der Waals surface area contributed by atoms with Crippen molar-refractivity contribution < 1.29 is 19.8 Å². The molecule has 0 radical (unpaired) electrons. The van der Waals surface area contributed by atoms with Gasteiger partial charge in [0.05, 0.1) is 5.69 Å². The van der Waals surface area contributed by atoms with Gasteiger partial charge in [-0.05, 0) is 36.2 Å². The van der Waals surface area contributed by atoms with Crippen molar-refractivity contribution in [2.24, 2.45) is 5.92 Å². The minimum Gasteiger partial charge on any atom is -0.508 e. The first-order valence-electron chi connectivity index (χ1n) is 7.57. The Labute approximate surface area is 140 Å². The van der Waals surface area contributed by atoms with E-state index in [1.54, 1.807) is 44.2 Å². The lowest BCUT2D eigenvalue weighted by Gasteiger charge is -2.22. The van der Waals surface area contributed by atoms with Gasteiger partial charge in [0.1, 0.15) is 17.5 Å². The monoisotopic (exact) mass is 328 g/mol. The minimum atomic E-state index is -0.792. The van der Waals surface area contributed by atoms with Crippen molar-refractivity contribution in [1.29, 1.82) is 0 Å². The summed E-state index contributed by atoms with van der Waals surface area (Å²) in [5.41, 5.74) is 0.538. The minimum absolute atomic E-state index is 0.0255. The van der Waals surface area contributed by atoms with E-state index in [9.17, 15) is 19.8 Å². The maximum atomic E-state index is 12.5. The SMILES string of the molecule is CC(C)[C@H](NC(=O)c1cccc(O)c1)C(=O)Nc1ccccc1O. The van der Waals surface area contributed by atoms with E-state index in [2.05, 4.69) is 10.6 Å². The Balaban J connectivity index is 2.13. The summed E-state index contributed by atoms with van der Waals surface area (Å²) in [5, 5.41) is 24.5. The molecule has 1 atom stereocenters. The Morgan fingerprint density at radius 2 is 1.71 bits per heavy atom. The molecule has 0 saturated heterocycles. The molecule has 0 saturated carbocycles. The molecule has 24 heavy (non-hydrogen) atoms. The number of carbonyl (C=O) groups excluding carboxylic acids is 2. The third-order valence-corrected chi connectivity index (χ3v) is 3.51. The van der Waals surface area contributed by atoms with Crippen LogP contribution in [0.4, 0.5) is 5.69 Å². The van der Waals surface area contributed by atoms with Gasteiger partial charge in [-0.3, -0.25) is 9.59 Å². The van der Waals surface area contributed by atoms with E-state index >= 15 is 0 Å². The van der Waals surface area contributed by atoms with Gasteiger partial charge in [0.2, 0.25) is 5.91 Å². The number of nitrogens with one attached hydrogen (secondary N) is 2. The van der Waals surface area contributed by atoms with Crippen molar-refractivity contribution >= 4 is 17.5 Å². The van der Waals surface area contributed by atoms with Crippen LogP contribution < -0.4 is 10.6 Å². The van der Waals surface area contributed by atoms with Gasteiger partial charge in [-0.2, -0.15) is 0 Å². The molecular formula is C18H20N2O4. The molecule has 2 aromatic carbocycles. The lowest BCUT2D eigenvalue weighted by molar-refractivity contribution is -0.118. The van der Waals surface area contributed by atoms with Crippen LogP contribution in [0, 0.1) is 5.92 Å². The molecule has 0 bridgehead atoms. The van der Waals surface area contributed by atoms with Crippen molar-refractivity contribution in [1.82, 2.24) is 5.32 Å². The molecule has 0 unspecified atom stereocenters. The zero-order chi connectivity index (χ0) is 17.7. The highest BCUT2D eigenvalue weighted by Gasteiger charge is 2.25. The van der Waals surface area contributed by atoms with E-state index in [-0.39, 0.29) is 28.7 Å². The van der Waals surface area contributed by atoms with Gasteiger partial charge in [-0.25, -0.2) is 0 Å². The number of amides is 2. The number of phenolic OH excluding ortho intramolecular Hbond substituents is 2. The highest BCUT2D eigenvalue weighted by molar-refractivity contribution is 6.01. The maximum absolute atomic E-state index is 12.5. The lowest BCUT2D eigenvalue weighted by Crippen LogP contribution is -2.47. The second kappa shape index (κ2) is 7.50. The molecule has 0 spiro atoms. The molecule has 4 N–H and O–H groups in total. The number of carbonyl (C=O) groups is 2. The summed E-state index contributed by atoms with van der Waals surface area (Å²) in [4.78, 5) is 24.7. The second-order valence-corrected chi connectivity index (χ2v) is 5.75. The highest BCUT2D eigenvalue weighted by atomic mass is 16.3. The predicted molar refractivity (Wildman–Crippen MR) is 90.9 cm³/mol. The van der Waals surface area contributed by atoms with E-state index in [1.165, 1.54) is 18.2 Å². The largest absolute Gasteiger partial charge is 0.508 e. The van der Waals surface area contributed by atoms with E-state index in [0.29, 0.717) is 0 Å². The fourth-order valence-corrected chi connectivity index (χ4v) is 2.20. The van der Waals surface area contributed by atoms with Crippen LogP contribution in [0.5, 0.6) is 11.5 Å². The van der Waals surface area contributed by atoms with E-state index in [1.807, 2.05) is 0 Å². The Morgan fingerprint density at radius 3 is 2.33 bits per heavy atom. The Kier molecular flexibility index (Phi) is 5.42. The summed E-state index contributed by atoms with van der Waals surface area (Å²) in [5.74, 6) is -1.13. The standard InChI is InChI=1S/C18H20N2O4/c1-11(2)16(18(24)19-14-8-3-4-9-15(14)22)20-17(23)12-6-5-7-13(21)10-12/h3-11,16,21-22H,1-2H3,(H,19,24)(H,20,23)/t16-/m0/s1. The summed E-state index contributed by atoms with van der Waals surface area (Å²) in [6, 6.07) is 11.5. The summed E-state index contributed by atoms with van der Waals surface area (Å²) >= 11 is 0. The van der Waals surface area contributed by atoms with E-state index in [4.69, 9.17) is 0 Å². The van der Waals surface area contributed by atoms with Crippen LogP contribution in [0.3, 0.4) is 0 Å². The van der Waals surface area contributed by atoms with Crippen LogP contribution >= 0.6 is 0 Å². The molecule has 0 aliphatic rings. The zero-order valence-electron chi connectivity index (χ0n) is 13.5. The Morgan fingerprint density at radius 1 is 1.00 bits per heavy atom. The van der Waals surface area contributed by atoms with Crippen LogP contribution in [0.2, 0.25) is 0 Å². The first-order chi connectivity index (χ1) is 11.4. The van der Waals surface area contributed by atoms with Crippen LogP contribution in [0.15, 0.2) is 48.5 Å². The first-order valence-corrected chi connectivity index (χ1v) is 7.57. The van der Waals surface area contributed by atoms with Gasteiger partial charge >= 0.3 is 0 Å². The average Bonchev–Trinajstić information content (AvgIpc) is 2.54. The Bertz CT molecular complexity index is 743. The number of benzene rings is 2. The van der Waals surface area contributed by atoms with E-state index < -0.39 is 17.9 Å². The number of aromatic hydroxyl groups is 2. The summed E-state index contributed by atoms with van der Waals surface area (Å²) < 4.78 is 0.